The van der Waals surface area contributed by atoms with Crippen LogP contribution in [0.1, 0.15) is 105 Å². The minimum absolute atomic E-state index is 0.132. The summed E-state index contributed by atoms with van der Waals surface area (Å²) >= 11 is 0. The Morgan fingerprint density at radius 1 is 1.26 bits per heavy atom. The van der Waals surface area contributed by atoms with Gasteiger partial charge < -0.3 is 19.3 Å². The molecule has 35 heavy (non-hydrogen) atoms. The Labute approximate surface area is 213 Å². The van der Waals surface area contributed by atoms with E-state index in [-0.39, 0.29) is 17.7 Å². The Kier molecular flexibility index (Phi) is 10.0. The fraction of sp³-hybridized carbons (Fsp3) is 0.833. The summed E-state index contributed by atoms with van der Waals surface area (Å²) in [5, 5.41) is 10.3. The van der Waals surface area contributed by atoms with E-state index in [1.54, 1.807) is 12.7 Å². The first kappa shape index (κ1) is 28.4. The maximum absolute atomic E-state index is 11.4. The van der Waals surface area contributed by atoms with Gasteiger partial charge in [0.1, 0.15) is 12.9 Å². The average Bonchev–Trinajstić information content (AvgIpc) is 3.13. The molecule has 6 atom stereocenters. The van der Waals surface area contributed by atoms with Crippen molar-refractivity contribution in [3.8, 4) is 0 Å². The molecule has 3 rings (SSSR count). The molecule has 5 nitrogen and oxygen atoms in total. The Bertz CT molecular complexity index is 769. The third-order valence-corrected chi connectivity index (χ3v) is 9.12. The van der Waals surface area contributed by atoms with Crippen LogP contribution in [0.5, 0.6) is 0 Å². The van der Waals surface area contributed by atoms with Gasteiger partial charge in [0.2, 0.25) is 0 Å². The predicted octanol–water partition coefficient (Wildman–Crippen LogP) is 6.74. The standard InChI is InChI=1S/C30H50O5/c1-21(9-7-15-29(3,4)34-20-33-6)27-13-14-28-24(10-8-16-30(27,28)5)12-11-23-17-25(32)19-26(18-23)35-22(2)31/h11-12,21,25-28,32H,7-10,13-20H2,1-6H3/b23-11-,24-12+/t21-,25-,26-,27-,28+,30-/m1/s1. The van der Waals surface area contributed by atoms with Gasteiger partial charge in [0.15, 0.2) is 0 Å². The van der Waals surface area contributed by atoms with Gasteiger partial charge in [0.25, 0.3) is 0 Å². The van der Waals surface area contributed by atoms with E-state index in [1.807, 2.05) is 0 Å². The van der Waals surface area contributed by atoms with Crippen LogP contribution in [0.25, 0.3) is 0 Å². The molecular formula is C30H50O5. The van der Waals surface area contributed by atoms with E-state index in [9.17, 15) is 9.90 Å². The second kappa shape index (κ2) is 12.4. The van der Waals surface area contributed by atoms with E-state index in [4.69, 9.17) is 14.2 Å². The zero-order chi connectivity index (χ0) is 25.6. The number of esters is 1. The summed E-state index contributed by atoms with van der Waals surface area (Å²) in [4.78, 5) is 11.4. The second-order valence-electron chi connectivity index (χ2n) is 12.4. The highest BCUT2D eigenvalue weighted by Gasteiger charge is 2.50. The minimum Gasteiger partial charge on any atom is -0.462 e. The van der Waals surface area contributed by atoms with Crippen LogP contribution in [0, 0.1) is 23.2 Å². The second-order valence-corrected chi connectivity index (χ2v) is 12.4. The third kappa shape index (κ3) is 7.66. The summed E-state index contributed by atoms with van der Waals surface area (Å²) in [7, 11) is 1.68. The number of rotatable bonds is 10. The first-order chi connectivity index (χ1) is 16.5. The first-order valence-corrected chi connectivity index (χ1v) is 13.9. The van der Waals surface area contributed by atoms with Gasteiger partial charge in [-0.15, -0.1) is 0 Å². The summed E-state index contributed by atoms with van der Waals surface area (Å²) in [6.45, 7) is 11.2. The van der Waals surface area contributed by atoms with Crippen LogP contribution in [0.15, 0.2) is 23.3 Å². The van der Waals surface area contributed by atoms with Crippen LogP contribution in [-0.2, 0) is 19.0 Å². The molecule has 3 fully saturated rings. The van der Waals surface area contributed by atoms with Gasteiger partial charge >= 0.3 is 5.97 Å². The lowest BCUT2D eigenvalue weighted by Crippen LogP contribution is -2.36. The molecule has 0 aromatic carbocycles. The SMILES string of the molecule is COCOC(C)(C)CCC[C@@H](C)[C@H]1CC[C@H]2/C(=C/C=C3/C[C@@H](O)C[C@H](OC(C)=O)C3)CCC[C@]12C. The smallest absolute Gasteiger partial charge is 0.302 e. The molecule has 0 saturated heterocycles. The van der Waals surface area contributed by atoms with Gasteiger partial charge in [-0.25, -0.2) is 0 Å². The normalized spacial score (nSPS) is 34.7. The van der Waals surface area contributed by atoms with Gasteiger partial charge in [0.05, 0.1) is 11.7 Å². The minimum atomic E-state index is -0.420. The van der Waals surface area contributed by atoms with E-state index >= 15 is 0 Å². The van der Waals surface area contributed by atoms with Crippen molar-refractivity contribution in [2.24, 2.45) is 23.2 Å². The highest BCUT2D eigenvalue weighted by Crippen LogP contribution is 2.60. The number of aliphatic hydroxyl groups excluding tert-OH is 1. The van der Waals surface area contributed by atoms with Gasteiger partial charge in [-0.3, -0.25) is 4.79 Å². The van der Waals surface area contributed by atoms with E-state index in [1.165, 1.54) is 57.4 Å². The molecule has 0 spiro atoms. The lowest BCUT2D eigenvalue weighted by molar-refractivity contribution is -0.148. The summed E-state index contributed by atoms with van der Waals surface area (Å²) < 4.78 is 16.3. The summed E-state index contributed by atoms with van der Waals surface area (Å²) in [5.41, 5.74) is 3.05. The highest BCUT2D eigenvalue weighted by atomic mass is 16.7. The lowest BCUT2D eigenvalue weighted by Gasteiger charge is -2.44. The Morgan fingerprint density at radius 3 is 2.74 bits per heavy atom. The number of hydrogen-bond acceptors (Lipinski definition) is 5. The summed E-state index contributed by atoms with van der Waals surface area (Å²) in [5.74, 6) is 1.90. The van der Waals surface area contributed by atoms with Crippen LogP contribution in [0.2, 0.25) is 0 Å². The van der Waals surface area contributed by atoms with Crippen molar-refractivity contribution in [1.29, 1.82) is 0 Å². The van der Waals surface area contributed by atoms with Crippen molar-refractivity contribution in [2.45, 2.75) is 123 Å². The number of allylic oxidation sites excluding steroid dienone is 3. The number of fused-ring (bicyclic) bond motifs is 1. The van der Waals surface area contributed by atoms with E-state index in [0.29, 0.717) is 31.0 Å². The average molecular weight is 491 g/mol. The number of ether oxygens (including phenoxy) is 3. The molecule has 0 unspecified atom stereocenters. The van der Waals surface area contributed by atoms with Crippen LogP contribution < -0.4 is 0 Å². The van der Waals surface area contributed by atoms with Gasteiger partial charge in [0, 0.05) is 26.9 Å². The maximum atomic E-state index is 11.4. The monoisotopic (exact) mass is 490 g/mol. The molecule has 0 radical (unpaired) electrons. The summed E-state index contributed by atoms with van der Waals surface area (Å²) in [6.07, 6.45) is 15.9. The quantitative estimate of drug-likeness (QED) is 0.271. The number of carbonyl (C=O) groups is 1. The molecule has 1 N–H and O–H groups in total. The molecular weight excluding hydrogens is 440 g/mol. The Morgan fingerprint density at radius 2 is 2.03 bits per heavy atom. The fourth-order valence-corrected chi connectivity index (χ4v) is 7.39. The van der Waals surface area contributed by atoms with E-state index in [0.717, 1.165) is 24.7 Å². The first-order valence-electron chi connectivity index (χ1n) is 13.9. The highest BCUT2D eigenvalue weighted by molar-refractivity contribution is 5.66. The van der Waals surface area contributed by atoms with E-state index in [2.05, 4.69) is 39.8 Å². The zero-order valence-corrected chi connectivity index (χ0v) is 23.1. The molecule has 0 aliphatic heterocycles. The topological polar surface area (TPSA) is 65.0 Å². The van der Waals surface area contributed by atoms with Gasteiger partial charge in [-0.1, -0.05) is 50.0 Å². The molecule has 0 bridgehead atoms. The van der Waals surface area contributed by atoms with Crippen molar-refractivity contribution in [1.82, 2.24) is 0 Å². The van der Waals surface area contributed by atoms with Crippen LogP contribution in [0.3, 0.4) is 0 Å². The summed E-state index contributed by atoms with van der Waals surface area (Å²) in [6, 6.07) is 0. The predicted molar refractivity (Wildman–Crippen MR) is 140 cm³/mol. The van der Waals surface area contributed by atoms with Crippen molar-refractivity contribution < 1.29 is 24.1 Å². The van der Waals surface area contributed by atoms with Crippen LogP contribution >= 0.6 is 0 Å². The van der Waals surface area contributed by atoms with Crippen molar-refractivity contribution in [2.75, 3.05) is 13.9 Å². The fourth-order valence-electron chi connectivity index (χ4n) is 7.39. The molecule has 0 aromatic heterocycles. The van der Waals surface area contributed by atoms with Crippen molar-refractivity contribution >= 4 is 5.97 Å². The zero-order valence-electron chi connectivity index (χ0n) is 23.1. The van der Waals surface area contributed by atoms with Gasteiger partial charge in [-0.2, -0.15) is 0 Å². The Balaban J connectivity index is 1.61. The lowest BCUT2D eigenvalue weighted by atomic mass is 9.60. The largest absolute Gasteiger partial charge is 0.462 e. The van der Waals surface area contributed by atoms with Gasteiger partial charge in [-0.05, 0) is 82.0 Å². The molecule has 3 aliphatic carbocycles. The molecule has 200 valence electrons. The third-order valence-electron chi connectivity index (χ3n) is 9.12. The maximum Gasteiger partial charge on any atom is 0.302 e. The van der Waals surface area contributed by atoms with Crippen molar-refractivity contribution in [3.63, 3.8) is 0 Å². The molecule has 0 amide bonds. The molecule has 3 aliphatic rings. The number of carbonyl (C=O) groups excluding carboxylic acids is 1. The van der Waals surface area contributed by atoms with Crippen molar-refractivity contribution in [3.05, 3.63) is 23.3 Å². The molecule has 0 aromatic rings. The van der Waals surface area contributed by atoms with Crippen LogP contribution in [0.4, 0.5) is 0 Å². The molecule has 3 saturated carbocycles. The number of methoxy groups -OCH3 is 1. The van der Waals surface area contributed by atoms with Crippen LogP contribution in [-0.4, -0.2) is 42.8 Å². The number of aliphatic hydroxyl groups is 1. The molecule has 5 heteroatoms. The van der Waals surface area contributed by atoms with E-state index < -0.39 is 6.10 Å². The number of hydrogen-bond donors (Lipinski definition) is 1. The Hall–Kier alpha value is -1.17. The molecule has 0 heterocycles.